The van der Waals surface area contributed by atoms with Crippen LogP contribution in [0.2, 0.25) is 0 Å². The molecule has 0 amide bonds. The van der Waals surface area contributed by atoms with Crippen molar-refractivity contribution in [1.29, 1.82) is 0 Å². The Morgan fingerprint density at radius 2 is 1.73 bits per heavy atom. The topological polar surface area (TPSA) is 60.2 Å². The minimum absolute atomic E-state index is 0.174. The molecule has 2 N–H and O–H groups in total. The zero-order valence-electron chi connectivity index (χ0n) is 6.18. The summed E-state index contributed by atoms with van der Waals surface area (Å²) in [7, 11) is -3.47. The first-order valence-corrected chi connectivity index (χ1v) is 5.74. The van der Waals surface area contributed by atoms with E-state index in [1.807, 2.05) is 0 Å². The largest absolute Gasteiger partial charge is 0.229 e. The normalized spacial score (nSPS) is 13.5. The fourth-order valence-electron chi connectivity index (χ4n) is 0.599. The molecule has 0 aliphatic rings. The van der Waals surface area contributed by atoms with E-state index < -0.39 is 15.4 Å². The van der Waals surface area contributed by atoms with Gasteiger partial charge in [0.15, 0.2) is 0 Å². The Morgan fingerprint density at radius 3 is 1.82 bits per heavy atom. The molecular weight excluding hydrogens is 209 g/mol. The Labute approximate surface area is 76.9 Å². The molecule has 0 aromatic rings. The van der Waals surface area contributed by atoms with Gasteiger partial charge in [-0.05, 0) is 0 Å². The summed E-state index contributed by atoms with van der Waals surface area (Å²) in [5.74, 6) is 0.201. The van der Waals surface area contributed by atoms with E-state index in [-0.39, 0.29) is 17.5 Å². The van der Waals surface area contributed by atoms with Crippen LogP contribution in [0.25, 0.3) is 0 Å². The first-order valence-electron chi connectivity index (χ1n) is 2.95. The van der Waals surface area contributed by atoms with E-state index in [4.69, 9.17) is 28.3 Å². The molecule has 0 saturated carbocycles. The van der Waals surface area contributed by atoms with Crippen LogP contribution in [0.15, 0.2) is 0 Å². The van der Waals surface area contributed by atoms with Crippen molar-refractivity contribution in [2.24, 2.45) is 10.6 Å². The summed E-state index contributed by atoms with van der Waals surface area (Å²) in [5.41, 5.74) is -0.614. The molecule has 6 heteroatoms. The molecule has 0 aliphatic carbocycles. The second kappa shape index (κ2) is 3.94. The van der Waals surface area contributed by atoms with E-state index in [0.29, 0.717) is 0 Å². The lowest BCUT2D eigenvalue weighted by Crippen LogP contribution is -2.34. The predicted molar refractivity (Wildman–Crippen MR) is 47.5 cm³/mol. The summed E-state index contributed by atoms with van der Waals surface area (Å²) < 4.78 is 21.3. The molecule has 68 valence electrons. The molecule has 0 fully saturated rings. The average Bonchev–Trinajstić information content (AvgIpc) is 1.84. The van der Waals surface area contributed by atoms with E-state index in [2.05, 4.69) is 0 Å². The summed E-state index contributed by atoms with van der Waals surface area (Å²) in [6, 6.07) is 0. The first-order chi connectivity index (χ1) is 4.83. The fraction of sp³-hybridized carbons (Fsp3) is 1.00. The molecule has 0 spiro atoms. The molecule has 0 radical (unpaired) electrons. The van der Waals surface area contributed by atoms with Crippen molar-refractivity contribution in [2.75, 3.05) is 17.5 Å². The highest BCUT2D eigenvalue weighted by Gasteiger charge is 2.27. The van der Waals surface area contributed by atoms with E-state index in [1.165, 1.54) is 0 Å². The van der Waals surface area contributed by atoms with E-state index in [9.17, 15) is 8.42 Å². The number of hydrogen-bond donors (Lipinski definition) is 1. The molecule has 0 aromatic heterocycles. The van der Waals surface area contributed by atoms with Crippen molar-refractivity contribution in [1.82, 2.24) is 0 Å². The first kappa shape index (κ1) is 11.5. The van der Waals surface area contributed by atoms with Crippen LogP contribution in [0.1, 0.15) is 6.92 Å². The zero-order valence-corrected chi connectivity index (χ0v) is 8.51. The smallest absolute Gasteiger partial charge is 0.209 e. The van der Waals surface area contributed by atoms with Crippen molar-refractivity contribution >= 4 is 33.2 Å². The Morgan fingerprint density at radius 1 is 1.36 bits per heavy atom. The number of alkyl halides is 2. The molecule has 0 heterocycles. The van der Waals surface area contributed by atoms with Gasteiger partial charge in [-0.3, -0.25) is 0 Å². The summed E-state index contributed by atoms with van der Waals surface area (Å²) in [6.45, 7) is 1.68. The number of sulfonamides is 1. The number of rotatable bonds is 4. The van der Waals surface area contributed by atoms with Crippen LogP contribution in [0.5, 0.6) is 0 Å². The van der Waals surface area contributed by atoms with Crippen molar-refractivity contribution in [3.05, 3.63) is 0 Å². The van der Waals surface area contributed by atoms with Gasteiger partial charge in [-0.15, -0.1) is 23.2 Å². The molecule has 0 rings (SSSR count). The zero-order chi connectivity index (χ0) is 9.12. The van der Waals surface area contributed by atoms with E-state index in [1.54, 1.807) is 6.92 Å². The van der Waals surface area contributed by atoms with Gasteiger partial charge in [-0.25, -0.2) is 13.6 Å². The maximum Gasteiger partial charge on any atom is 0.209 e. The summed E-state index contributed by atoms with van der Waals surface area (Å²) >= 11 is 11.0. The highest BCUT2D eigenvalue weighted by Crippen LogP contribution is 2.21. The van der Waals surface area contributed by atoms with Gasteiger partial charge >= 0.3 is 0 Å². The quantitative estimate of drug-likeness (QED) is 0.711. The van der Waals surface area contributed by atoms with Gasteiger partial charge in [-0.2, -0.15) is 0 Å². The summed E-state index contributed by atoms with van der Waals surface area (Å²) in [5, 5.41) is 4.83. The molecule has 0 saturated heterocycles. The third kappa shape index (κ3) is 4.85. The van der Waals surface area contributed by atoms with Crippen LogP contribution in [0, 0.1) is 5.41 Å². The molecule has 0 bridgehead atoms. The summed E-state index contributed by atoms with van der Waals surface area (Å²) in [6.07, 6.45) is 0. The van der Waals surface area contributed by atoms with Gasteiger partial charge < -0.3 is 0 Å². The highest BCUT2D eigenvalue weighted by molar-refractivity contribution is 7.89. The van der Waals surface area contributed by atoms with Crippen LogP contribution in [-0.4, -0.2) is 25.9 Å². The van der Waals surface area contributed by atoms with Gasteiger partial charge in [0.2, 0.25) is 10.0 Å². The lowest BCUT2D eigenvalue weighted by atomic mass is 10.00. The second-order valence-electron chi connectivity index (χ2n) is 2.89. The maximum absolute atomic E-state index is 10.6. The molecule has 11 heavy (non-hydrogen) atoms. The van der Waals surface area contributed by atoms with Crippen molar-refractivity contribution in [3.8, 4) is 0 Å². The Kier molecular flexibility index (Phi) is 4.11. The van der Waals surface area contributed by atoms with Gasteiger partial charge in [-0.1, -0.05) is 6.92 Å². The molecule has 0 aromatic carbocycles. The standard InChI is InChI=1S/C5H11Cl2NO2S/c1-5(2-6,3-7)4-11(8,9)10/h2-4H2,1H3,(H2,8,9,10). The van der Waals surface area contributed by atoms with E-state index >= 15 is 0 Å². The number of halogens is 2. The highest BCUT2D eigenvalue weighted by atomic mass is 35.5. The lowest BCUT2D eigenvalue weighted by molar-refractivity contribution is 0.475. The number of primary sulfonamides is 1. The minimum Gasteiger partial charge on any atom is -0.229 e. The average molecular weight is 220 g/mol. The molecule has 0 aliphatic heterocycles. The van der Waals surface area contributed by atoms with Gasteiger partial charge in [0, 0.05) is 17.2 Å². The van der Waals surface area contributed by atoms with Gasteiger partial charge in [0.05, 0.1) is 5.75 Å². The number of nitrogens with two attached hydrogens (primary N) is 1. The Hall–Kier alpha value is 0.490. The fourth-order valence-corrected chi connectivity index (χ4v) is 2.47. The molecular formula is C5H11Cl2NO2S. The SMILES string of the molecule is CC(CCl)(CCl)CS(N)(=O)=O. The van der Waals surface area contributed by atoms with Crippen molar-refractivity contribution in [3.63, 3.8) is 0 Å². The third-order valence-corrected chi connectivity index (χ3v) is 3.58. The number of hydrogen-bond acceptors (Lipinski definition) is 2. The minimum atomic E-state index is -3.47. The monoisotopic (exact) mass is 219 g/mol. The van der Waals surface area contributed by atoms with Gasteiger partial charge in [0.25, 0.3) is 0 Å². The van der Waals surface area contributed by atoms with Crippen LogP contribution >= 0.6 is 23.2 Å². The van der Waals surface area contributed by atoms with Crippen LogP contribution in [0.4, 0.5) is 0 Å². The molecule has 0 unspecified atom stereocenters. The van der Waals surface area contributed by atoms with Crippen LogP contribution in [0.3, 0.4) is 0 Å². The molecule has 3 nitrogen and oxygen atoms in total. The van der Waals surface area contributed by atoms with Crippen molar-refractivity contribution in [2.45, 2.75) is 6.92 Å². The predicted octanol–water partition coefficient (Wildman–Crippen LogP) is 0.759. The lowest BCUT2D eigenvalue weighted by Gasteiger charge is -2.21. The van der Waals surface area contributed by atoms with Crippen LogP contribution < -0.4 is 5.14 Å². The summed E-state index contributed by atoms with van der Waals surface area (Å²) in [4.78, 5) is 0. The Balaban J connectivity index is 4.32. The third-order valence-electron chi connectivity index (χ3n) is 1.19. The second-order valence-corrected chi connectivity index (χ2v) is 5.03. The Bertz CT molecular complexity index is 211. The van der Waals surface area contributed by atoms with Gasteiger partial charge in [0.1, 0.15) is 0 Å². The van der Waals surface area contributed by atoms with Crippen LogP contribution in [-0.2, 0) is 10.0 Å². The molecule has 0 atom stereocenters. The van der Waals surface area contributed by atoms with Crippen molar-refractivity contribution < 1.29 is 8.42 Å². The van der Waals surface area contributed by atoms with E-state index in [0.717, 1.165) is 0 Å². The maximum atomic E-state index is 10.6.